The summed E-state index contributed by atoms with van der Waals surface area (Å²) in [5.74, 6) is 0. The number of hydrogen-bond acceptors (Lipinski definition) is 2. The Kier molecular flexibility index (Phi) is 4.01. The van der Waals surface area contributed by atoms with Crippen LogP contribution in [0.4, 0.5) is 5.69 Å². The lowest BCUT2D eigenvalue weighted by atomic mass is 9.97. The second kappa shape index (κ2) is 5.99. The number of nitrogens with one attached hydrogen (secondary N) is 2. The van der Waals surface area contributed by atoms with Crippen molar-refractivity contribution in [3.05, 3.63) is 29.3 Å². The topological polar surface area (TPSA) is 27.3 Å². The Morgan fingerprint density at radius 1 is 1.00 bits per heavy atom. The van der Waals surface area contributed by atoms with Crippen molar-refractivity contribution in [3.8, 4) is 0 Å². The fourth-order valence-electron chi connectivity index (χ4n) is 4.19. The van der Waals surface area contributed by atoms with Crippen molar-refractivity contribution >= 4 is 34.6 Å². The third-order valence-corrected chi connectivity index (χ3v) is 5.67. The van der Waals surface area contributed by atoms with E-state index in [1.807, 2.05) is 24.3 Å². The molecule has 1 aromatic rings. The first-order valence-corrected chi connectivity index (χ1v) is 9.08. The van der Waals surface area contributed by atoms with Crippen LogP contribution in [0.2, 0.25) is 5.02 Å². The number of anilines is 1. The van der Waals surface area contributed by atoms with E-state index in [4.69, 9.17) is 23.8 Å². The van der Waals surface area contributed by atoms with E-state index in [2.05, 4.69) is 15.5 Å². The summed E-state index contributed by atoms with van der Waals surface area (Å²) in [6.07, 6.45) is 8.04. The van der Waals surface area contributed by atoms with Crippen molar-refractivity contribution < 1.29 is 0 Å². The fraction of sp³-hybridized carbons (Fsp3) is 0.588. The molecule has 1 aromatic carbocycles. The van der Waals surface area contributed by atoms with E-state index in [0.29, 0.717) is 6.04 Å². The van der Waals surface area contributed by atoms with Crippen molar-refractivity contribution in [1.29, 1.82) is 0 Å². The monoisotopic (exact) mass is 335 g/mol. The number of fused-ring (bicyclic) bond motifs is 2. The van der Waals surface area contributed by atoms with Gasteiger partial charge in [-0.2, -0.15) is 0 Å². The zero-order valence-corrected chi connectivity index (χ0v) is 14.2. The second-order valence-electron chi connectivity index (χ2n) is 6.84. The molecule has 0 radical (unpaired) electrons. The van der Waals surface area contributed by atoms with Gasteiger partial charge in [0.05, 0.1) is 0 Å². The first kappa shape index (κ1) is 14.7. The van der Waals surface area contributed by atoms with Crippen molar-refractivity contribution in [3.63, 3.8) is 0 Å². The van der Waals surface area contributed by atoms with E-state index in [0.717, 1.165) is 33.9 Å². The normalized spacial score (nSPS) is 31.0. The minimum atomic E-state index is 0.514. The van der Waals surface area contributed by atoms with Gasteiger partial charge in [0.1, 0.15) is 0 Å². The molecule has 3 fully saturated rings. The first-order valence-electron chi connectivity index (χ1n) is 8.29. The van der Waals surface area contributed by atoms with E-state index in [9.17, 15) is 0 Å². The summed E-state index contributed by atoms with van der Waals surface area (Å²) in [5, 5.41) is 8.26. The van der Waals surface area contributed by atoms with E-state index >= 15 is 0 Å². The van der Waals surface area contributed by atoms with Crippen molar-refractivity contribution in [2.75, 3.05) is 5.32 Å². The number of nitrogens with zero attached hydrogens (tertiary/aromatic N) is 1. The van der Waals surface area contributed by atoms with E-state index in [1.165, 1.54) is 38.5 Å². The predicted octanol–water partition coefficient (Wildman–Crippen LogP) is 3.78. The molecule has 2 N–H and O–H groups in total. The van der Waals surface area contributed by atoms with Gasteiger partial charge in [-0.05, 0) is 75.0 Å². The van der Waals surface area contributed by atoms with Crippen LogP contribution >= 0.6 is 23.8 Å². The van der Waals surface area contributed by atoms with Crippen LogP contribution in [0.1, 0.15) is 38.5 Å². The molecule has 22 heavy (non-hydrogen) atoms. The summed E-state index contributed by atoms with van der Waals surface area (Å²) in [6.45, 7) is 0. The van der Waals surface area contributed by atoms with Crippen molar-refractivity contribution in [1.82, 2.24) is 10.2 Å². The highest BCUT2D eigenvalue weighted by molar-refractivity contribution is 7.80. The lowest BCUT2D eigenvalue weighted by molar-refractivity contribution is 0.114. The van der Waals surface area contributed by atoms with E-state index < -0.39 is 0 Å². The molecular weight excluding hydrogens is 314 g/mol. The Morgan fingerprint density at radius 3 is 2.18 bits per heavy atom. The van der Waals surface area contributed by atoms with E-state index in [1.54, 1.807) is 0 Å². The zero-order valence-electron chi connectivity index (χ0n) is 12.6. The molecular formula is C17H22ClN3S. The van der Waals surface area contributed by atoms with Crippen LogP contribution in [0.3, 0.4) is 0 Å². The van der Waals surface area contributed by atoms with Crippen LogP contribution in [0.25, 0.3) is 0 Å². The maximum Gasteiger partial charge on any atom is 0.170 e. The van der Waals surface area contributed by atoms with E-state index in [-0.39, 0.29) is 0 Å². The molecule has 0 amide bonds. The van der Waals surface area contributed by atoms with Crippen LogP contribution in [-0.2, 0) is 0 Å². The van der Waals surface area contributed by atoms with Gasteiger partial charge in [-0.1, -0.05) is 11.6 Å². The molecule has 2 aliphatic heterocycles. The van der Waals surface area contributed by atoms with Crippen molar-refractivity contribution in [2.24, 2.45) is 0 Å². The quantitative estimate of drug-likeness (QED) is 0.822. The summed E-state index contributed by atoms with van der Waals surface area (Å²) in [5.41, 5.74) is 0.986. The van der Waals surface area contributed by atoms with Gasteiger partial charge in [0, 0.05) is 34.9 Å². The molecule has 5 heteroatoms. The van der Waals surface area contributed by atoms with Gasteiger partial charge in [-0.25, -0.2) is 0 Å². The number of rotatable bonds is 3. The first-order chi connectivity index (χ1) is 10.7. The number of piperidine rings is 1. The number of halogens is 1. The van der Waals surface area contributed by atoms with Gasteiger partial charge < -0.3 is 10.6 Å². The largest absolute Gasteiger partial charge is 0.360 e. The van der Waals surface area contributed by atoms with Gasteiger partial charge >= 0.3 is 0 Å². The minimum absolute atomic E-state index is 0.514. The summed E-state index contributed by atoms with van der Waals surface area (Å²) in [4.78, 5) is 2.81. The van der Waals surface area contributed by atoms with Gasteiger partial charge in [0.2, 0.25) is 0 Å². The molecule has 1 saturated carbocycles. The molecule has 2 heterocycles. The van der Waals surface area contributed by atoms with Gasteiger partial charge in [-0.3, -0.25) is 4.90 Å². The summed E-state index contributed by atoms with van der Waals surface area (Å²) >= 11 is 11.4. The molecule has 2 saturated heterocycles. The number of benzene rings is 1. The summed E-state index contributed by atoms with van der Waals surface area (Å²) in [6, 6.07) is 10.6. The smallest absolute Gasteiger partial charge is 0.170 e. The Bertz CT molecular complexity index is 544. The molecule has 1 aliphatic carbocycles. The third kappa shape index (κ3) is 3.10. The fourth-order valence-corrected chi connectivity index (χ4v) is 4.60. The highest BCUT2D eigenvalue weighted by atomic mass is 35.5. The third-order valence-electron chi connectivity index (χ3n) is 5.20. The molecule has 3 aliphatic rings. The summed E-state index contributed by atoms with van der Waals surface area (Å²) < 4.78 is 0. The van der Waals surface area contributed by atoms with Gasteiger partial charge in [-0.15, -0.1) is 0 Å². The van der Waals surface area contributed by atoms with Gasteiger partial charge in [0.15, 0.2) is 5.11 Å². The van der Waals surface area contributed by atoms with Crippen LogP contribution < -0.4 is 10.6 Å². The zero-order chi connectivity index (χ0) is 15.1. The molecule has 0 spiro atoms. The molecule has 3 nitrogen and oxygen atoms in total. The number of thiocarbonyl (C=S) groups is 1. The summed E-state index contributed by atoms with van der Waals surface area (Å²) in [7, 11) is 0. The molecule has 2 atom stereocenters. The molecule has 4 rings (SSSR count). The molecule has 2 unspecified atom stereocenters. The maximum absolute atomic E-state index is 5.91. The number of hydrogen-bond donors (Lipinski definition) is 2. The molecule has 0 aromatic heterocycles. The van der Waals surface area contributed by atoms with Crippen LogP contribution in [-0.4, -0.2) is 34.2 Å². The Morgan fingerprint density at radius 2 is 1.59 bits per heavy atom. The maximum atomic E-state index is 5.91. The van der Waals surface area contributed by atoms with Crippen LogP contribution in [0.5, 0.6) is 0 Å². The Balaban J connectivity index is 1.32. The average Bonchev–Trinajstić information content (AvgIpc) is 3.28. The molecule has 2 bridgehead atoms. The Labute approximate surface area is 142 Å². The second-order valence-corrected chi connectivity index (χ2v) is 7.68. The Hall–Kier alpha value is -0.840. The lowest BCUT2D eigenvalue weighted by Gasteiger charge is -2.39. The highest BCUT2D eigenvalue weighted by Gasteiger charge is 2.46. The minimum Gasteiger partial charge on any atom is -0.360 e. The SMILES string of the molecule is S=C(Nc1ccc(Cl)cc1)NC1CC2CCC(C1)N2C1CC1. The molecule has 118 valence electrons. The average molecular weight is 336 g/mol. The predicted molar refractivity (Wildman–Crippen MR) is 95.5 cm³/mol. The van der Waals surface area contributed by atoms with Crippen molar-refractivity contribution in [2.45, 2.75) is 62.7 Å². The standard InChI is InChI=1S/C17H22ClN3S/c18-11-1-3-12(4-2-11)19-17(22)20-13-9-15-7-8-16(10-13)21(15)14-5-6-14/h1-4,13-16H,5-10H2,(H2,19,20,22). The van der Waals surface area contributed by atoms with Crippen LogP contribution in [0.15, 0.2) is 24.3 Å². The van der Waals surface area contributed by atoms with Gasteiger partial charge in [0.25, 0.3) is 0 Å². The highest BCUT2D eigenvalue weighted by Crippen LogP contribution is 2.43. The lowest BCUT2D eigenvalue weighted by Crippen LogP contribution is -2.51. The van der Waals surface area contributed by atoms with Crippen LogP contribution in [0, 0.1) is 0 Å².